The van der Waals surface area contributed by atoms with Crippen molar-refractivity contribution in [1.82, 2.24) is 0 Å². The molecule has 0 amide bonds. The summed E-state index contributed by atoms with van der Waals surface area (Å²) in [6.45, 7) is 3.62. The topological polar surface area (TPSA) is 51.5 Å². The summed E-state index contributed by atoms with van der Waals surface area (Å²) < 4.78 is 16.4. The van der Waals surface area contributed by atoms with Gasteiger partial charge in [-0.25, -0.2) is 0 Å². The van der Waals surface area contributed by atoms with Crippen LogP contribution in [0.25, 0.3) is 0 Å². The van der Waals surface area contributed by atoms with Crippen LogP contribution in [0, 0.1) is 11.3 Å². The molecule has 0 aromatic heterocycles. The van der Waals surface area contributed by atoms with Gasteiger partial charge in [-0.2, -0.15) is 0 Å². The maximum Gasteiger partial charge on any atom is 0.161 e. The van der Waals surface area contributed by atoms with Crippen LogP contribution in [0.3, 0.4) is 0 Å². The standard InChI is InChI=1S/C19H29NO3/c1-14-6-4-7-15(10-14)17-12-19(23-9-5-8-21-2)18(22-3)11-16(17)13-20/h11-15,20H,4-10H2,1-3H3. The second-order valence-corrected chi connectivity index (χ2v) is 6.44. The van der Waals surface area contributed by atoms with E-state index in [-0.39, 0.29) is 0 Å². The molecule has 128 valence electrons. The van der Waals surface area contributed by atoms with E-state index in [2.05, 4.69) is 13.0 Å². The van der Waals surface area contributed by atoms with Gasteiger partial charge in [0.1, 0.15) is 0 Å². The molecule has 1 fully saturated rings. The Kier molecular flexibility index (Phi) is 6.90. The lowest BCUT2D eigenvalue weighted by atomic mass is 9.77. The fourth-order valence-electron chi connectivity index (χ4n) is 3.44. The van der Waals surface area contributed by atoms with Gasteiger partial charge >= 0.3 is 0 Å². The predicted octanol–water partition coefficient (Wildman–Crippen LogP) is 4.40. The Morgan fingerprint density at radius 2 is 2.00 bits per heavy atom. The van der Waals surface area contributed by atoms with E-state index in [0.29, 0.717) is 24.9 Å². The van der Waals surface area contributed by atoms with E-state index in [9.17, 15) is 0 Å². The van der Waals surface area contributed by atoms with Crippen molar-refractivity contribution in [1.29, 1.82) is 5.41 Å². The Hall–Kier alpha value is -1.55. The Morgan fingerprint density at radius 1 is 1.17 bits per heavy atom. The zero-order chi connectivity index (χ0) is 16.7. The van der Waals surface area contributed by atoms with E-state index in [4.69, 9.17) is 19.6 Å². The normalized spacial score (nSPS) is 21.0. The van der Waals surface area contributed by atoms with E-state index < -0.39 is 0 Å². The lowest BCUT2D eigenvalue weighted by Gasteiger charge is -2.28. The molecule has 2 unspecified atom stereocenters. The fraction of sp³-hybridized carbons (Fsp3) is 0.632. The monoisotopic (exact) mass is 319 g/mol. The third-order valence-corrected chi connectivity index (χ3v) is 4.65. The molecular weight excluding hydrogens is 290 g/mol. The first-order valence-corrected chi connectivity index (χ1v) is 8.53. The third kappa shape index (κ3) is 4.71. The van der Waals surface area contributed by atoms with Crippen LogP contribution in [0.1, 0.15) is 56.1 Å². The Labute approximate surface area is 139 Å². The van der Waals surface area contributed by atoms with E-state index in [0.717, 1.165) is 23.7 Å². The molecule has 1 aromatic carbocycles. The lowest BCUT2D eigenvalue weighted by molar-refractivity contribution is 0.170. The molecule has 1 aromatic rings. The van der Waals surface area contributed by atoms with Crippen molar-refractivity contribution in [2.45, 2.75) is 44.9 Å². The SMILES string of the molecule is COCCCOc1cc(C2CCCC(C)C2)c(C=N)cc1OC. The lowest BCUT2D eigenvalue weighted by Crippen LogP contribution is -2.14. The average Bonchev–Trinajstić information content (AvgIpc) is 2.58. The van der Waals surface area contributed by atoms with Crippen molar-refractivity contribution in [3.05, 3.63) is 23.3 Å². The molecular formula is C19H29NO3. The van der Waals surface area contributed by atoms with Crippen molar-refractivity contribution in [3.8, 4) is 11.5 Å². The zero-order valence-corrected chi connectivity index (χ0v) is 14.6. The summed E-state index contributed by atoms with van der Waals surface area (Å²) in [7, 11) is 3.34. The maximum absolute atomic E-state index is 7.75. The summed E-state index contributed by atoms with van der Waals surface area (Å²) in [6, 6.07) is 4.03. The molecule has 1 N–H and O–H groups in total. The molecule has 0 spiro atoms. The van der Waals surface area contributed by atoms with E-state index in [1.807, 2.05) is 6.07 Å². The third-order valence-electron chi connectivity index (χ3n) is 4.65. The molecule has 0 saturated heterocycles. The summed E-state index contributed by atoms with van der Waals surface area (Å²) in [4.78, 5) is 0. The highest BCUT2D eigenvalue weighted by Crippen LogP contribution is 2.41. The summed E-state index contributed by atoms with van der Waals surface area (Å²) in [6.07, 6.45) is 7.25. The van der Waals surface area contributed by atoms with Gasteiger partial charge in [0.25, 0.3) is 0 Å². The second kappa shape index (κ2) is 8.92. The Bertz CT molecular complexity index is 516. The zero-order valence-electron chi connectivity index (χ0n) is 14.6. The summed E-state index contributed by atoms with van der Waals surface area (Å²) >= 11 is 0. The second-order valence-electron chi connectivity index (χ2n) is 6.44. The molecule has 2 atom stereocenters. The summed E-state index contributed by atoms with van der Waals surface area (Å²) in [5.74, 6) is 2.75. The number of methoxy groups -OCH3 is 2. The van der Waals surface area contributed by atoms with Crippen LogP contribution in [-0.2, 0) is 4.74 Å². The first-order chi connectivity index (χ1) is 11.2. The Morgan fingerprint density at radius 3 is 2.65 bits per heavy atom. The first-order valence-electron chi connectivity index (χ1n) is 8.53. The van der Waals surface area contributed by atoms with Gasteiger partial charge in [0.2, 0.25) is 0 Å². The van der Waals surface area contributed by atoms with Crippen molar-refractivity contribution >= 4 is 6.21 Å². The number of hydrogen-bond acceptors (Lipinski definition) is 4. The van der Waals surface area contributed by atoms with Crippen LogP contribution in [-0.4, -0.2) is 33.6 Å². The number of ether oxygens (including phenoxy) is 3. The van der Waals surface area contributed by atoms with E-state index in [1.165, 1.54) is 37.5 Å². The highest BCUT2D eigenvalue weighted by molar-refractivity contribution is 5.81. The number of rotatable bonds is 8. The minimum atomic E-state index is 0.516. The maximum atomic E-state index is 7.75. The molecule has 4 nitrogen and oxygen atoms in total. The molecule has 1 aliphatic rings. The molecule has 0 radical (unpaired) electrons. The quantitative estimate of drug-likeness (QED) is 0.570. The molecule has 2 rings (SSSR count). The summed E-state index contributed by atoms with van der Waals surface area (Å²) in [5.41, 5.74) is 2.18. The molecule has 0 heterocycles. The highest BCUT2D eigenvalue weighted by atomic mass is 16.5. The van der Waals surface area contributed by atoms with Crippen molar-refractivity contribution in [3.63, 3.8) is 0 Å². The van der Waals surface area contributed by atoms with E-state index in [1.54, 1.807) is 14.2 Å². The van der Waals surface area contributed by atoms with Gasteiger partial charge in [-0.1, -0.05) is 19.8 Å². The Balaban J connectivity index is 2.23. The van der Waals surface area contributed by atoms with Gasteiger partial charge in [-0.3, -0.25) is 0 Å². The number of hydrogen-bond donors (Lipinski definition) is 1. The molecule has 1 aliphatic carbocycles. The van der Waals surface area contributed by atoms with Crippen LogP contribution in [0.15, 0.2) is 12.1 Å². The fourth-order valence-corrected chi connectivity index (χ4v) is 3.44. The minimum Gasteiger partial charge on any atom is -0.493 e. The largest absolute Gasteiger partial charge is 0.493 e. The number of benzene rings is 1. The molecule has 4 heteroatoms. The van der Waals surface area contributed by atoms with Crippen LogP contribution in [0.4, 0.5) is 0 Å². The van der Waals surface area contributed by atoms with Gasteiger partial charge in [0.15, 0.2) is 11.5 Å². The van der Waals surface area contributed by atoms with Crippen molar-refractivity contribution in [2.75, 3.05) is 27.4 Å². The molecule has 0 aliphatic heterocycles. The number of nitrogens with one attached hydrogen (secondary N) is 1. The molecule has 1 saturated carbocycles. The molecule has 23 heavy (non-hydrogen) atoms. The summed E-state index contributed by atoms with van der Waals surface area (Å²) in [5, 5.41) is 7.75. The molecule has 0 bridgehead atoms. The van der Waals surface area contributed by atoms with Gasteiger partial charge < -0.3 is 19.6 Å². The highest BCUT2D eigenvalue weighted by Gasteiger charge is 2.24. The van der Waals surface area contributed by atoms with Crippen LogP contribution in [0.2, 0.25) is 0 Å². The predicted molar refractivity (Wildman–Crippen MR) is 93.2 cm³/mol. The van der Waals surface area contributed by atoms with Crippen molar-refractivity contribution in [2.24, 2.45) is 5.92 Å². The van der Waals surface area contributed by atoms with Gasteiger partial charge in [0.05, 0.1) is 13.7 Å². The minimum absolute atomic E-state index is 0.516. The van der Waals surface area contributed by atoms with Crippen LogP contribution < -0.4 is 9.47 Å². The average molecular weight is 319 g/mol. The van der Waals surface area contributed by atoms with Crippen LogP contribution >= 0.6 is 0 Å². The van der Waals surface area contributed by atoms with E-state index >= 15 is 0 Å². The van der Waals surface area contributed by atoms with Gasteiger partial charge in [0, 0.05) is 26.4 Å². The van der Waals surface area contributed by atoms with Gasteiger partial charge in [-0.05, 0) is 47.9 Å². The van der Waals surface area contributed by atoms with Crippen LogP contribution in [0.5, 0.6) is 11.5 Å². The van der Waals surface area contributed by atoms with Gasteiger partial charge in [-0.15, -0.1) is 0 Å². The first kappa shape index (κ1) is 17.8. The van der Waals surface area contributed by atoms with Crippen molar-refractivity contribution < 1.29 is 14.2 Å². The smallest absolute Gasteiger partial charge is 0.161 e.